The third-order valence-corrected chi connectivity index (χ3v) is 2.02. The van der Waals surface area contributed by atoms with Crippen molar-refractivity contribution >= 4 is 9.04 Å². The predicted octanol–water partition coefficient (Wildman–Crippen LogP) is -0.285. The minimum Gasteiger partial charge on any atom is -0.435 e. The zero-order valence-corrected chi connectivity index (χ0v) is 5.75. The molecule has 0 aliphatic rings. The second kappa shape index (κ2) is 4.30. The maximum absolute atomic E-state index is 8.71. The molecule has 3 heteroatoms. The van der Waals surface area contributed by atoms with Crippen molar-refractivity contribution in [3.63, 3.8) is 0 Å². The van der Waals surface area contributed by atoms with Crippen LogP contribution in [0.25, 0.3) is 0 Å². The molecule has 2 nitrogen and oxygen atoms in total. The van der Waals surface area contributed by atoms with Crippen LogP contribution in [-0.4, -0.2) is 25.5 Å². The van der Waals surface area contributed by atoms with Crippen molar-refractivity contribution in [2.24, 2.45) is 0 Å². The van der Waals surface area contributed by atoms with E-state index < -0.39 is 9.04 Å². The summed E-state index contributed by atoms with van der Waals surface area (Å²) in [6.07, 6.45) is 0.768. The monoisotopic (exact) mass is 120 g/mol. The zero-order valence-electron chi connectivity index (χ0n) is 4.59. The first-order valence-electron chi connectivity index (χ1n) is 2.56. The third-order valence-electron chi connectivity index (χ3n) is 0.780. The molecule has 0 fully saturated rings. The van der Waals surface area contributed by atoms with Gasteiger partial charge in [-0.05, 0) is 19.0 Å². The van der Waals surface area contributed by atoms with Crippen molar-refractivity contribution in [2.45, 2.75) is 19.0 Å². The van der Waals surface area contributed by atoms with Gasteiger partial charge in [0.1, 0.15) is 0 Å². The van der Waals surface area contributed by atoms with E-state index in [1.165, 1.54) is 0 Å². The lowest BCUT2D eigenvalue weighted by molar-refractivity contribution is 0.293. The summed E-state index contributed by atoms with van der Waals surface area (Å²) in [4.78, 5) is 8.71. The topological polar surface area (TPSA) is 40.5 Å². The summed E-state index contributed by atoms with van der Waals surface area (Å²) in [5.41, 5.74) is 0. The van der Waals surface area contributed by atoms with Gasteiger partial charge in [-0.25, -0.2) is 0 Å². The second-order valence-corrected chi connectivity index (χ2v) is 3.99. The van der Waals surface area contributed by atoms with Crippen LogP contribution in [0.15, 0.2) is 0 Å². The van der Waals surface area contributed by atoms with Gasteiger partial charge in [0.05, 0.1) is 0 Å². The summed E-state index contributed by atoms with van der Waals surface area (Å²) < 4.78 is 0. The normalized spacial score (nSPS) is 14.1. The van der Waals surface area contributed by atoms with Crippen LogP contribution >= 0.6 is 0 Å². The Hall–Kier alpha value is 0.137. The Kier molecular flexibility index (Phi) is 4.38. The van der Waals surface area contributed by atoms with E-state index in [0.29, 0.717) is 0 Å². The fourth-order valence-electron chi connectivity index (χ4n) is 0.387. The lowest BCUT2D eigenvalue weighted by Gasteiger charge is -1.95. The molecule has 44 valence electrons. The largest absolute Gasteiger partial charge is 0.435 e. The highest BCUT2D eigenvalue weighted by molar-refractivity contribution is 6.48. The Balaban J connectivity index is 2.68. The minimum absolute atomic E-state index is 0.220. The van der Waals surface area contributed by atoms with Gasteiger partial charge in [-0.2, -0.15) is 0 Å². The van der Waals surface area contributed by atoms with Gasteiger partial charge in [0, 0.05) is 6.61 Å². The molecule has 0 saturated carbocycles. The SMILES string of the molecule is C[SiH](O)CCCO. The highest BCUT2D eigenvalue weighted by atomic mass is 28.3. The molecule has 0 aliphatic carbocycles. The lowest BCUT2D eigenvalue weighted by atomic mass is 10.5. The number of hydrogen-bond donors (Lipinski definition) is 2. The highest BCUT2D eigenvalue weighted by Gasteiger charge is 1.94. The van der Waals surface area contributed by atoms with E-state index in [2.05, 4.69) is 0 Å². The molecule has 0 bridgehead atoms. The van der Waals surface area contributed by atoms with Crippen molar-refractivity contribution in [3.05, 3.63) is 0 Å². The molecule has 0 aromatic rings. The number of aliphatic hydroxyl groups excluding tert-OH is 1. The number of rotatable bonds is 3. The number of aliphatic hydroxyl groups is 1. The Morgan fingerprint density at radius 1 is 1.57 bits per heavy atom. The summed E-state index contributed by atoms with van der Waals surface area (Å²) in [6, 6.07) is 0.844. The summed E-state index contributed by atoms with van der Waals surface area (Å²) in [7, 11) is -1.35. The van der Waals surface area contributed by atoms with Crippen LogP contribution in [0.5, 0.6) is 0 Å². The maximum atomic E-state index is 8.71. The van der Waals surface area contributed by atoms with Crippen LogP contribution in [0.2, 0.25) is 12.6 Å². The fourth-order valence-corrected chi connectivity index (χ4v) is 1.16. The van der Waals surface area contributed by atoms with E-state index in [-0.39, 0.29) is 6.61 Å². The Bertz CT molecular complexity index is 38.7. The van der Waals surface area contributed by atoms with E-state index in [1.807, 2.05) is 6.55 Å². The Morgan fingerprint density at radius 2 is 2.14 bits per heavy atom. The van der Waals surface area contributed by atoms with Crippen molar-refractivity contribution in [2.75, 3.05) is 6.61 Å². The molecular formula is C4H12O2Si. The van der Waals surface area contributed by atoms with Gasteiger partial charge in [-0.1, -0.05) is 0 Å². The van der Waals surface area contributed by atoms with Gasteiger partial charge >= 0.3 is 0 Å². The van der Waals surface area contributed by atoms with Gasteiger partial charge in [0.25, 0.3) is 0 Å². The van der Waals surface area contributed by atoms with Crippen LogP contribution < -0.4 is 0 Å². The Labute approximate surface area is 45.5 Å². The van der Waals surface area contributed by atoms with Crippen molar-refractivity contribution < 1.29 is 9.90 Å². The molecule has 0 aromatic heterocycles. The van der Waals surface area contributed by atoms with Crippen LogP contribution in [0.1, 0.15) is 6.42 Å². The van der Waals surface area contributed by atoms with Gasteiger partial charge in [-0.15, -0.1) is 0 Å². The minimum atomic E-state index is -1.35. The van der Waals surface area contributed by atoms with Gasteiger partial charge in [-0.3, -0.25) is 0 Å². The molecule has 1 atom stereocenters. The molecule has 7 heavy (non-hydrogen) atoms. The van der Waals surface area contributed by atoms with Crippen molar-refractivity contribution in [3.8, 4) is 0 Å². The molecular weight excluding hydrogens is 108 g/mol. The third kappa shape index (κ3) is 6.14. The maximum Gasteiger partial charge on any atom is 0.169 e. The predicted molar refractivity (Wildman–Crippen MR) is 31.7 cm³/mol. The van der Waals surface area contributed by atoms with Gasteiger partial charge in [0.2, 0.25) is 0 Å². The first kappa shape index (κ1) is 7.14. The molecule has 0 spiro atoms. The van der Waals surface area contributed by atoms with E-state index in [0.717, 1.165) is 12.5 Å². The highest BCUT2D eigenvalue weighted by Crippen LogP contribution is 1.90. The second-order valence-electron chi connectivity index (χ2n) is 1.71. The van der Waals surface area contributed by atoms with Crippen LogP contribution in [0.4, 0.5) is 0 Å². The average Bonchev–Trinajstić information content (AvgIpc) is 1.61. The zero-order chi connectivity index (χ0) is 5.70. The summed E-state index contributed by atoms with van der Waals surface area (Å²) in [5.74, 6) is 0. The number of hydrogen-bond acceptors (Lipinski definition) is 2. The average molecular weight is 120 g/mol. The quantitative estimate of drug-likeness (QED) is 0.503. The van der Waals surface area contributed by atoms with Crippen LogP contribution in [0, 0.1) is 0 Å². The summed E-state index contributed by atoms with van der Waals surface area (Å²) >= 11 is 0. The molecule has 2 N–H and O–H groups in total. The first-order valence-corrected chi connectivity index (χ1v) is 5.05. The molecule has 0 saturated heterocycles. The van der Waals surface area contributed by atoms with Gasteiger partial charge in [0.15, 0.2) is 9.04 Å². The van der Waals surface area contributed by atoms with E-state index in [1.54, 1.807) is 0 Å². The first-order chi connectivity index (χ1) is 3.27. The summed E-state index contributed by atoms with van der Waals surface area (Å²) in [6.45, 7) is 2.08. The molecule has 0 amide bonds. The van der Waals surface area contributed by atoms with Crippen LogP contribution in [-0.2, 0) is 0 Å². The fraction of sp³-hybridized carbons (Fsp3) is 1.00. The molecule has 0 rings (SSSR count). The van der Waals surface area contributed by atoms with E-state index in [9.17, 15) is 0 Å². The molecule has 0 heterocycles. The molecule has 0 aromatic carbocycles. The molecule has 0 radical (unpaired) electrons. The summed E-state index contributed by atoms with van der Waals surface area (Å²) in [5, 5.41) is 8.23. The standard InChI is InChI=1S/C4H12O2Si/c1-7(6)4-2-3-5/h5-7H,2-4H2,1H3. The van der Waals surface area contributed by atoms with E-state index >= 15 is 0 Å². The van der Waals surface area contributed by atoms with E-state index in [4.69, 9.17) is 9.90 Å². The molecule has 0 aliphatic heterocycles. The van der Waals surface area contributed by atoms with Gasteiger partial charge < -0.3 is 9.90 Å². The molecule has 1 unspecified atom stereocenters. The van der Waals surface area contributed by atoms with Crippen LogP contribution in [0.3, 0.4) is 0 Å². The Morgan fingerprint density at radius 3 is 2.29 bits per heavy atom. The van der Waals surface area contributed by atoms with Crippen molar-refractivity contribution in [1.82, 2.24) is 0 Å². The van der Waals surface area contributed by atoms with Crippen molar-refractivity contribution in [1.29, 1.82) is 0 Å². The lowest BCUT2D eigenvalue weighted by Crippen LogP contribution is -2.04. The smallest absolute Gasteiger partial charge is 0.169 e.